The zero-order valence-corrected chi connectivity index (χ0v) is 7.18. The van der Waals surface area contributed by atoms with Crippen LogP contribution >= 0.6 is 11.6 Å². The molecular weight excluding hydrogens is 148 g/mol. The quantitative estimate of drug-likeness (QED) is 0.542. The third-order valence-corrected chi connectivity index (χ3v) is 0.977. The van der Waals surface area contributed by atoms with E-state index in [0.717, 1.165) is 5.69 Å². The molecule has 0 bridgehead atoms. The minimum absolute atomic E-state index is 0.498. The van der Waals surface area contributed by atoms with E-state index in [1.165, 1.54) is 6.33 Å². The van der Waals surface area contributed by atoms with Gasteiger partial charge < -0.3 is 0 Å². The Bertz CT molecular complexity index is 171. The molecule has 1 rings (SSSR count). The Morgan fingerprint density at radius 3 is 2.20 bits per heavy atom. The van der Waals surface area contributed by atoms with E-state index < -0.39 is 0 Å². The Morgan fingerprint density at radius 2 is 1.90 bits per heavy atom. The van der Waals surface area contributed by atoms with Gasteiger partial charge in [0.1, 0.15) is 11.5 Å². The van der Waals surface area contributed by atoms with Gasteiger partial charge in [0.25, 0.3) is 0 Å². The Kier molecular flexibility index (Phi) is 4.85. The van der Waals surface area contributed by atoms with Gasteiger partial charge in [-0.05, 0) is 13.0 Å². The predicted molar refractivity (Wildman–Crippen MR) is 43.1 cm³/mol. The SMILES string of the molecule is CC.Cc1cc(Cl)ncn1. The number of halogens is 1. The molecule has 2 nitrogen and oxygen atoms in total. The fourth-order valence-corrected chi connectivity index (χ4v) is 0.624. The standard InChI is InChI=1S/C5H5ClN2.C2H6/c1-4-2-5(6)8-3-7-4;1-2/h2-3H,1H3;1-2H3. The number of nitrogens with zero attached hydrogens (tertiary/aromatic N) is 2. The molecule has 0 fully saturated rings. The monoisotopic (exact) mass is 158 g/mol. The van der Waals surface area contributed by atoms with Gasteiger partial charge in [0.2, 0.25) is 0 Å². The van der Waals surface area contributed by atoms with Gasteiger partial charge in [-0.25, -0.2) is 9.97 Å². The van der Waals surface area contributed by atoms with Crippen molar-refractivity contribution >= 4 is 11.6 Å². The van der Waals surface area contributed by atoms with Crippen LogP contribution in [0.2, 0.25) is 5.15 Å². The second-order valence-electron chi connectivity index (χ2n) is 1.48. The molecule has 10 heavy (non-hydrogen) atoms. The van der Waals surface area contributed by atoms with Crippen molar-refractivity contribution in [2.45, 2.75) is 20.8 Å². The highest BCUT2D eigenvalue weighted by Crippen LogP contribution is 2.01. The summed E-state index contributed by atoms with van der Waals surface area (Å²) >= 11 is 5.49. The first-order valence-electron chi connectivity index (χ1n) is 3.23. The van der Waals surface area contributed by atoms with Crippen LogP contribution in [0.5, 0.6) is 0 Å². The third-order valence-electron chi connectivity index (χ3n) is 0.770. The van der Waals surface area contributed by atoms with Crippen LogP contribution in [-0.2, 0) is 0 Å². The topological polar surface area (TPSA) is 25.8 Å². The predicted octanol–water partition coefficient (Wildman–Crippen LogP) is 2.46. The van der Waals surface area contributed by atoms with Crippen LogP contribution in [0.1, 0.15) is 19.5 Å². The normalized spacial score (nSPS) is 8.00. The fraction of sp³-hybridized carbons (Fsp3) is 0.429. The van der Waals surface area contributed by atoms with E-state index in [2.05, 4.69) is 9.97 Å². The van der Waals surface area contributed by atoms with Crippen molar-refractivity contribution in [3.8, 4) is 0 Å². The van der Waals surface area contributed by atoms with E-state index in [1.807, 2.05) is 20.8 Å². The molecule has 3 heteroatoms. The molecule has 1 aromatic heterocycles. The van der Waals surface area contributed by atoms with Gasteiger partial charge in [0.15, 0.2) is 0 Å². The number of aromatic nitrogens is 2. The summed E-state index contributed by atoms with van der Waals surface area (Å²) in [5.74, 6) is 0. The maximum absolute atomic E-state index is 5.49. The van der Waals surface area contributed by atoms with Gasteiger partial charge in [0.05, 0.1) is 0 Å². The van der Waals surface area contributed by atoms with Crippen molar-refractivity contribution in [1.82, 2.24) is 9.97 Å². The molecule has 0 saturated heterocycles. The summed E-state index contributed by atoms with van der Waals surface area (Å²) in [5, 5.41) is 0.498. The number of hydrogen-bond acceptors (Lipinski definition) is 2. The van der Waals surface area contributed by atoms with Crippen molar-refractivity contribution in [3.63, 3.8) is 0 Å². The molecule has 56 valence electrons. The van der Waals surface area contributed by atoms with Gasteiger partial charge in [-0.2, -0.15) is 0 Å². The van der Waals surface area contributed by atoms with Crippen LogP contribution in [0, 0.1) is 6.92 Å². The van der Waals surface area contributed by atoms with Crippen molar-refractivity contribution in [2.24, 2.45) is 0 Å². The van der Waals surface area contributed by atoms with Crippen LogP contribution in [0.3, 0.4) is 0 Å². The first-order valence-corrected chi connectivity index (χ1v) is 3.61. The van der Waals surface area contributed by atoms with Crippen LogP contribution in [0.4, 0.5) is 0 Å². The highest BCUT2D eigenvalue weighted by molar-refractivity contribution is 6.29. The van der Waals surface area contributed by atoms with Gasteiger partial charge in [-0.1, -0.05) is 25.4 Å². The van der Waals surface area contributed by atoms with Gasteiger partial charge in [-0.15, -0.1) is 0 Å². The summed E-state index contributed by atoms with van der Waals surface area (Å²) in [6, 6.07) is 1.71. The van der Waals surface area contributed by atoms with Crippen LogP contribution < -0.4 is 0 Å². The summed E-state index contributed by atoms with van der Waals surface area (Å²) in [5.41, 5.74) is 0.894. The molecule has 0 N–H and O–H groups in total. The molecule has 1 aromatic rings. The van der Waals surface area contributed by atoms with Gasteiger partial charge in [-0.3, -0.25) is 0 Å². The lowest BCUT2D eigenvalue weighted by molar-refractivity contribution is 1.10. The van der Waals surface area contributed by atoms with E-state index in [1.54, 1.807) is 6.07 Å². The van der Waals surface area contributed by atoms with Crippen molar-refractivity contribution in [2.75, 3.05) is 0 Å². The summed E-state index contributed by atoms with van der Waals surface area (Å²) in [4.78, 5) is 7.54. The summed E-state index contributed by atoms with van der Waals surface area (Å²) in [7, 11) is 0. The summed E-state index contributed by atoms with van der Waals surface area (Å²) < 4.78 is 0. The number of rotatable bonds is 0. The minimum atomic E-state index is 0.498. The maximum Gasteiger partial charge on any atom is 0.132 e. The molecule has 0 aromatic carbocycles. The van der Waals surface area contributed by atoms with Crippen molar-refractivity contribution in [3.05, 3.63) is 23.2 Å². The second-order valence-corrected chi connectivity index (χ2v) is 1.87. The molecule has 0 aliphatic heterocycles. The van der Waals surface area contributed by atoms with Crippen molar-refractivity contribution in [1.29, 1.82) is 0 Å². The summed E-state index contributed by atoms with van der Waals surface area (Å²) in [6.45, 7) is 5.87. The van der Waals surface area contributed by atoms with Gasteiger partial charge in [0, 0.05) is 5.69 Å². The van der Waals surface area contributed by atoms with Gasteiger partial charge >= 0.3 is 0 Å². The number of hydrogen-bond donors (Lipinski definition) is 0. The first kappa shape index (κ1) is 9.37. The average Bonchev–Trinajstić information content (AvgIpc) is 1.91. The molecule has 0 spiro atoms. The summed E-state index contributed by atoms with van der Waals surface area (Å²) in [6.07, 6.45) is 1.44. The molecule has 0 unspecified atom stereocenters. The lowest BCUT2D eigenvalue weighted by atomic mass is 10.5. The lowest BCUT2D eigenvalue weighted by Gasteiger charge is -1.87. The van der Waals surface area contributed by atoms with Crippen LogP contribution in [-0.4, -0.2) is 9.97 Å². The zero-order chi connectivity index (χ0) is 7.98. The maximum atomic E-state index is 5.49. The molecule has 0 amide bonds. The number of aryl methyl sites for hydroxylation is 1. The fourth-order valence-electron chi connectivity index (χ4n) is 0.422. The molecule has 0 aliphatic carbocycles. The third kappa shape index (κ3) is 3.41. The lowest BCUT2D eigenvalue weighted by Crippen LogP contribution is -1.80. The van der Waals surface area contributed by atoms with Crippen molar-refractivity contribution < 1.29 is 0 Å². The highest BCUT2D eigenvalue weighted by Gasteiger charge is 1.85. The Labute approximate surface area is 66.3 Å². The first-order chi connectivity index (χ1) is 4.79. The Morgan fingerprint density at radius 1 is 1.30 bits per heavy atom. The smallest absolute Gasteiger partial charge is 0.132 e. The van der Waals surface area contributed by atoms with Crippen LogP contribution in [0.15, 0.2) is 12.4 Å². The molecular formula is C7H11ClN2. The second kappa shape index (κ2) is 5.18. The zero-order valence-electron chi connectivity index (χ0n) is 6.43. The van der Waals surface area contributed by atoms with E-state index >= 15 is 0 Å². The molecule has 0 atom stereocenters. The molecule has 1 heterocycles. The van der Waals surface area contributed by atoms with E-state index in [-0.39, 0.29) is 0 Å². The van der Waals surface area contributed by atoms with E-state index in [9.17, 15) is 0 Å². The molecule has 0 aliphatic rings. The molecule has 0 saturated carbocycles. The van der Waals surface area contributed by atoms with E-state index in [4.69, 9.17) is 11.6 Å². The highest BCUT2D eigenvalue weighted by atomic mass is 35.5. The van der Waals surface area contributed by atoms with Crippen LogP contribution in [0.25, 0.3) is 0 Å². The Hall–Kier alpha value is -0.630. The minimum Gasteiger partial charge on any atom is -0.242 e. The van der Waals surface area contributed by atoms with E-state index in [0.29, 0.717) is 5.15 Å². The Balaban J connectivity index is 0.000000371. The molecule has 0 radical (unpaired) electrons. The largest absolute Gasteiger partial charge is 0.242 e. The average molecular weight is 159 g/mol.